The highest BCUT2D eigenvalue weighted by molar-refractivity contribution is 6.01. The van der Waals surface area contributed by atoms with Gasteiger partial charge in [-0.25, -0.2) is 13.6 Å². The molecule has 0 saturated carbocycles. The summed E-state index contributed by atoms with van der Waals surface area (Å²) in [6.07, 6.45) is -0.499. The summed E-state index contributed by atoms with van der Waals surface area (Å²) in [6, 6.07) is 8.49. The van der Waals surface area contributed by atoms with E-state index in [1.54, 1.807) is 25.7 Å². The molecule has 0 saturated heterocycles. The molecule has 0 bridgehead atoms. The van der Waals surface area contributed by atoms with Gasteiger partial charge in [-0.1, -0.05) is 24.3 Å². The number of nitrogens with zero attached hydrogens (tertiary/aromatic N) is 1. The van der Waals surface area contributed by atoms with Crippen LogP contribution in [-0.4, -0.2) is 41.6 Å². The van der Waals surface area contributed by atoms with E-state index in [0.29, 0.717) is 12.8 Å². The van der Waals surface area contributed by atoms with Crippen molar-refractivity contribution in [1.82, 2.24) is 10.6 Å². The molecule has 0 aliphatic carbocycles. The summed E-state index contributed by atoms with van der Waals surface area (Å²) in [5, 5.41) is 5.13. The molecular weight excluding hydrogens is 468 g/mol. The third-order valence-electron chi connectivity index (χ3n) is 5.80. The minimum atomic E-state index is -1.38. The van der Waals surface area contributed by atoms with Crippen LogP contribution < -0.4 is 15.5 Å². The maximum Gasteiger partial charge on any atom is 0.408 e. The quantitative estimate of drug-likeness (QED) is 0.619. The van der Waals surface area contributed by atoms with Crippen molar-refractivity contribution < 1.29 is 27.9 Å². The molecule has 0 radical (unpaired) electrons. The number of hydrogen-bond acceptors (Lipinski definition) is 4. The number of halogens is 2. The lowest BCUT2D eigenvalue weighted by molar-refractivity contribution is -0.129. The number of carbonyl (C=O) groups excluding carboxylic acids is 3. The average Bonchev–Trinajstić information content (AvgIpc) is 2.90. The van der Waals surface area contributed by atoms with Crippen LogP contribution in [0.4, 0.5) is 19.3 Å². The summed E-state index contributed by atoms with van der Waals surface area (Å²) in [6.45, 7) is 8.72. The molecule has 1 heterocycles. The first-order valence-electron chi connectivity index (χ1n) is 12.0. The molecule has 0 aromatic heterocycles. The molecular formula is C27H33F2N3O4. The molecule has 7 nitrogen and oxygen atoms in total. The van der Waals surface area contributed by atoms with E-state index < -0.39 is 47.7 Å². The van der Waals surface area contributed by atoms with Crippen LogP contribution >= 0.6 is 0 Å². The van der Waals surface area contributed by atoms with Crippen LogP contribution in [0.2, 0.25) is 0 Å². The average molecular weight is 502 g/mol. The lowest BCUT2D eigenvalue weighted by Gasteiger charge is -2.30. The Balaban J connectivity index is 1.86. The van der Waals surface area contributed by atoms with Gasteiger partial charge in [0.25, 0.3) is 0 Å². The maximum absolute atomic E-state index is 14.4. The summed E-state index contributed by atoms with van der Waals surface area (Å²) < 4.78 is 34.0. The second-order valence-electron chi connectivity index (χ2n) is 10.1. The van der Waals surface area contributed by atoms with E-state index in [4.69, 9.17) is 4.74 Å². The Kier molecular flexibility index (Phi) is 8.32. The van der Waals surface area contributed by atoms with Gasteiger partial charge in [-0.2, -0.15) is 0 Å². The number of rotatable bonds is 6. The van der Waals surface area contributed by atoms with Crippen LogP contribution in [0.15, 0.2) is 42.5 Å². The fourth-order valence-corrected chi connectivity index (χ4v) is 4.20. The van der Waals surface area contributed by atoms with Crippen molar-refractivity contribution in [3.8, 4) is 0 Å². The molecule has 1 aliphatic heterocycles. The summed E-state index contributed by atoms with van der Waals surface area (Å²) in [7, 11) is 0. The Labute approximate surface area is 210 Å². The fourth-order valence-electron chi connectivity index (χ4n) is 4.20. The molecule has 0 spiro atoms. The maximum atomic E-state index is 14.4. The van der Waals surface area contributed by atoms with Crippen molar-refractivity contribution in [1.29, 1.82) is 0 Å². The van der Waals surface area contributed by atoms with Crippen molar-refractivity contribution >= 4 is 23.6 Å². The number of hydrogen-bond donors (Lipinski definition) is 2. The van der Waals surface area contributed by atoms with Gasteiger partial charge in [0.15, 0.2) is 0 Å². The SMILES string of the molecule is CC(C)N1C(=O)C(NC(=O)C(Cc2c(F)cccc2F)NC(=O)OC(C)(C)C)CCc2ccccc21. The van der Waals surface area contributed by atoms with Crippen molar-refractivity contribution in [3.63, 3.8) is 0 Å². The largest absolute Gasteiger partial charge is 0.444 e. The Morgan fingerprint density at radius 1 is 1.08 bits per heavy atom. The molecule has 3 amide bonds. The zero-order valence-corrected chi connectivity index (χ0v) is 21.2. The predicted octanol–water partition coefficient (Wildman–Crippen LogP) is 4.27. The Morgan fingerprint density at radius 3 is 2.33 bits per heavy atom. The van der Waals surface area contributed by atoms with Crippen molar-refractivity contribution in [2.24, 2.45) is 0 Å². The van der Waals surface area contributed by atoms with Crippen LogP contribution in [0.1, 0.15) is 52.2 Å². The highest BCUT2D eigenvalue weighted by atomic mass is 19.1. The van der Waals surface area contributed by atoms with Crippen molar-refractivity contribution in [3.05, 3.63) is 65.2 Å². The summed E-state index contributed by atoms with van der Waals surface area (Å²) in [5.74, 6) is -2.72. The Bertz CT molecular complexity index is 1110. The number of anilines is 1. The number of alkyl carbamates (subject to hydrolysis) is 1. The minimum absolute atomic E-state index is 0.167. The number of nitrogens with one attached hydrogen (secondary N) is 2. The van der Waals surface area contributed by atoms with Crippen LogP contribution in [0, 0.1) is 11.6 Å². The zero-order valence-electron chi connectivity index (χ0n) is 21.2. The van der Waals surface area contributed by atoms with Crippen LogP contribution in [0.3, 0.4) is 0 Å². The number of carbonyl (C=O) groups is 3. The highest BCUT2D eigenvalue weighted by Crippen LogP contribution is 2.29. The topological polar surface area (TPSA) is 87.7 Å². The fraction of sp³-hybridized carbons (Fsp3) is 0.444. The van der Waals surface area contributed by atoms with Gasteiger partial charge in [-0.15, -0.1) is 0 Å². The van der Waals surface area contributed by atoms with Gasteiger partial charge in [-0.05, 0) is 71.2 Å². The summed E-state index contributed by atoms with van der Waals surface area (Å²) in [5.41, 5.74) is 0.561. The number of ether oxygens (including phenoxy) is 1. The van der Waals surface area contributed by atoms with Gasteiger partial charge < -0.3 is 20.3 Å². The van der Waals surface area contributed by atoms with Crippen LogP contribution in [0.25, 0.3) is 0 Å². The molecule has 3 rings (SSSR count). The van der Waals surface area contributed by atoms with Gasteiger partial charge in [0.05, 0.1) is 0 Å². The minimum Gasteiger partial charge on any atom is -0.444 e. The third kappa shape index (κ3) is 6.59. The first-order chi connectivity index (χ1) is 16.9. The Morgan fingerprint density at radius 2 is 1.72 bits per heavy atom. The number of aryl methyl sites for hydroxylation is 1. The van der Waals surface area contributed by atoms with E-state index in [2.05, 4.69) is 10.6 Å². The monoisotopic (exact) mass is 501 g/mol. The van der Waals surface area contributed by atoms with Crippen molar-refractivity contribution in [2.45, 2.75) is 77.6 Å². The number of amides is 3. The molecule has 194 valence electrons. The molecule has 1 aliphatic rings. The lowest BCUT2D eigenvalue weighted by atomic mass is 10.0. The molecule has 2 N–H and O–H groups in total. The standard InChI is InChI=1S/C27H33F2N3O4/c1-16(2)32-23-12-7-6-9-17(23)13-14-21(25(32)34)30-24(33)22(31-26(35)36-27(3,4)5)15-18-19(28)10-8-11-20(18)29/h6-12,16,21-22H,13-15H2,1-5H3,(H,30,33)(H,31,35). The van der Waals surface area contributed by atoms with Gasteiger partial charge >= 0.3 is 6.09 Å². The summed E-state index contributed by atoms with van der Waals surface area (Å²) >= 11 is 0. The Hall–Kier alpha value is -3.49. The summed E-state index contributed by atoms with van der Waals surface area (Å²) in [4.78, 5) is 40.9. The van der Waals surface area contributed by atoms with Crippen molar-refractivity contribution in [2.75, 3.05) is 4.90 Å². The first-order valence-corrected chi connectivity index (χ1v) is 12.0. The van der Waals surface area contributed by atoms with E-state index in [-0.39, 0.29) is 17.5 Å². The smallest absolute Gasteiger partial charge is 0.408 e. The number of para-hydroxylation sites is 1. The lowest BCUT2D eigenvalue weighted by Crippen LogP contribution is -2.56. The van der Waals surface area contributed by atoms with Gasteiger partial charge in [0, 0.05) is 23.7 Å². The molecule has 2 aromatic carbocycles. The molecule has 9 heteroatoms. The first kappa shape index (κ1) is 27.1. The number of benzene rings is 2. The van der Waals surface area contributed by atoms with Gasteiger partial charge in [-0.3, -0.25) is 9.59 Å². The third-order valence-corrected chi connectivity index (χ3v) is 5.80. The molecule has 2 atom stereocenters. The molecule has 36 heavy (non-hydrogen) atoms. The predicted molar refractivity (Wildman–Crippen MR) is 133 cm³/mol. The van der Waals surface area contributed by atoms with E-state index in [9.17, 15) is 23.2 Å². The zero-order chi connectivity index (χ0) is 26.6. The van der Waals surface area contributed by atoms with E-state index in [0.717, 1.165) is 23.4 Å². The van der Waals surface area contributed by atoms with Gasteiger partial charge in [0.1, 0.15) is 29.3 Å². The van der Waals surface area contributed by atoms with E-state index in [1.807, 2.05) is 38.1 Å². The highest BCUT2D eigenvalue weighted by Gasteiger charge is 2.35. The molecule has 0 fully saturated rings. The molecule has 2 unspecified atom stereocenters. The van der Waals surface area contributed by atoms with Crippen LogP contribution in [-0.2, 0) is 27.2 Å². The normalized spacial score (nSPS) is 16.7. The second-order valence-corrected chi connectivity index (χ2v) is 10.1. The van der Waals surface area contributed by atoms with E-state index >= 15 is 0 Å². The van der Waals surface area contributed by atoms with Gasteiger partial charge in [0.2, 0.25) is 11.8 Å². The molecule has 2 aromatic rings. The van der Waals surface area contributed by atoms with Crippen LogP contribution in [0.5, 0.6) is 0 Å². The second kappa shape index (κ2) is 11.1. The van der Waals surface area contributed by atoms with E-state index in [1.165, 1.54) is 6.07 Å². The number of fused-ring (bicyclic) bond motifs is 1.